The average molecular weight is 226 g/mol. The molecule has 0 fully saturated rings. The Bertz CT molecular complexity index is 398. The number of aryl methyl sites for hydroxylation is 1. The molecule has 1 aromatic carbocycles. The molecule has 0 bridgehead atoms. The van der Waals surface area contributed by atoms with Gasteiger partial charge in [0.05, 0.1) is 13.7 Å². The van der Waals surface area contributed by atoms with Gasteiger partial charge in [-0.25, -0.2) is 9.79 Å². The first-order chi connectivity index (χ1) is 7.19. The van der Waals surface area contributed by atoms with Gasteiger partial charge < -0.3 is 4.74 Å². The van der Waals surface area contributed by atoms with Crippen LogP contribution in [0.3, 0.4) is 0 Å². The van der Waals surface area contributed by atoms with Gasteiger partial charge in [-0.05, 0) is 36.6 Å². The van der Waals surface area contributed by atoms with Gasteiger partial charge in [-0.15, -0.1) is 0 Å². The molecule has 0 amide bonds. The molecule has 0 heterocycles. The Hall–Kier alpha value is -1.31. The molecule has 0 atom stereocenters. The first-order valence-electron chi connectivity index (χ1n) is 4.55. The second-order valence-electron chi connectivity index (χ2n) is 3.14. The summed E-state index contributed by atoms with van der Waals surface area (Å²) in [5.74, 6) is 0.806. The number of aliphatic imine (C=N–C) groups is 1. The molecule has 1 aromatic rings. The molecule has 0 radical (unpaired) electrons. The quantitative estimate of drug-likeness (QED) is 0.584. The molecular weight excluding hydrogens is 214 g/mol. The summed E-state index contributed by atoms with van der Waals surface area (Å²) in [7, 11) is 1.61. The van der Waals surface area contributed by atoms with Crippen molar-refractivity contribution in [3.63, 3.8) is 0 Å². The molecule has 0 aromatic heterocycles. The Labute approximate surface area is 93.7 Å². The Morgan fingerprint density at radius 2 is 2.27 bits per heavy atom. The van der Waals surface area contributed by atoms with Crippen LogP contribution in [-0.4, -0.2) is 19.7 Å². The van der Waals surface area contributed by atoms with E-state index in [0.29, 0.717) is 18.0 Å². The zero-order chi connectivity index (χ0) is 11.3. The van der Waals surface area contributed by atoms with E-state index in [1.54, 1.807) is 7.11 Å². The van der Waals surface area contributed by atoms with Crippen LogP contribution in [0, 0.1) is 6.92 Å². The van der Waals surface area contributed by atoms with Crippen molar-refractivity contribution in [3.8, 4) is 5.75 Å². The lowest BCUT2D eigenvalue weighted by Gasteiger charge is -2.10. The zero-order valence-corrected chi connectivity index (χ0v) is 9.47. The first-order valence-corrected chi connectivity index (χ1v) is 4.93. The van der Waals surface area contributed by atoms with Crippen molar-refractivity contribution < 1.29 is 9.53 Å². The van der Waals surface area contributed by atoms with E-state index >= 15 is 0 Å². The third-order valence-electron chi connectivity index (χ3n) is 2.08. The predicted octanol–water partition coefficient (Wildman–Crippen LogP) is 2.54. The fraction of sp³-hybridized carbons (Fsp3) is 0.364. The van der Waals surface area contributed by atoms with E-state index in [2.05, 4.69) is 4.99 Å². The fourth-order valence-electron chi connectivity index (χ4n) is 1.50. The van der Waals surface area contributed by atoms with Crippen LogP contribution in [0.1, 0.15) is 11.1 Å². The van der Waals surface area contributed by atoms with E-state index in [4.69, 9.17) is 16.3 Å². The maximum absolute atomic E-state index is 9.93. The third kappa shape index (κ3) is 3.08. The standard InChI is InChI=1S/C11H12ClNO2/c1-8-5-10(12)6-9(11(8)15-2)3-4-13-7-14/h5-6H,3-4H2,1-2H3. The van der Waals surface area contributed by atoms with Crippen molar-refractivity contribution in [2.75, 3.05) is 13.7 Å². The van der Waals surface area contributed by atoms with Gasteiger partial charge in [0.2, 0.25) is 6.08 Å². The lowest BCUT2D eigenvalue weighted by atomic mass is 10.1. The van der Waals surface area contributed by atoms with E-state index < -0.39 is 0 Å². The van der Waals surface area contributed by atoms with E-state index in [0.717, 1.165) is 16.9 Å². The zero-order valence-electron chi connectivity index (χ0n) is 8.71. The molecule has 1 rings (SSSR count). The summed E-state index contributed by atoms with van der Waals surface area (Å²) in [6.07, 6.45) is 2.13. The second kappa shape index (κ2) is 5.54. The van der Waals surface area contributed by atoms with E-state index in [-0.39, 0.29) is 0 Å². The van der Waals surface area contributed by atoms with Crippen LogP contribution in [0.15, 0.2) is 17.1 Å². The number of nitrogens with zero attached hydrogens (tertiary/aromatic N) is 1. The second-order valence-corrected chi connectivity index (χ2v) is 3.57. The Morgan fingerprint density at radius 3 is 2.87 bits per heavy atom. The third-order valence-corrected chi connectivity index (χ3v) is 2.30. The van der Waals surface area contributed by atoms with E-state index in [1.807, 2.05) is 19.1 Å². The Kier molecular flexibility index (Phi) is 4.35. The molecule has 0 aliphatic heterocycles. The smallest absolute Gasteiger partial charge is 0.234 e. The van der Waals surface area contributed by atoms with Gasteiger partial charge >= 0.3 is 0 Å². The number of isocyanates is 1. The molecule has 0 aliphatic rings. The van der Waals surface area contributed by atoms with Gasteiger partial charge in [0.25, 0.3) is 0 Å². The van der Waals surface area contributed by atoms with Crippen LogP contribution in [0.4, 0.5) is 0 Å². The molecule has 0 aliphatic carbocycles. The van der Waals surface area contributed by atoms with Crippen molar-refractivity contribution in [3.05, 3.63) is 28.3 Å². The number of halogens is 1. The highest BCUT2D eigenvalue weighted by Gasteiger charge is 2.07. The fourth-order valence-corrected chi connectivity index (χ4v) is 1.79. The largest absolute Gasteiger partial charge is 0.496 e. The summed E-state index contributed by atoms with van der Waals surface area (Å²) >= 11 is 5.93. The summed E-state index contributed by atoms with van der Waals surface area (Å²) in [5, 5.41) is 0.665. The van der Waals surface area contributed by atoms with Crippen molar-refractivity contribution in [1.29, 1.82) is 0 Å². The molecule has 4 heteroatoms. The monoisotopic (exact) mass is 225 g/mol. The number of carbonyl (C=O) groups excluding carboxylic acids is 1. The van der Waals surface area contributed by atoms with Gasteiger partial charge in [0.1, 0.15) is 5.75 Å². The molecule has 3 nitrogen and oxygen atoms in total. The van der Waals surface area contributed by atoms with Crippen LogP contribution >= 0.6 is 11.6 Å². The van der Waals surface area contributed by atoms with E-state index in [1.165, 1.54) is 6.08 Å². The number of ether oxygens (including phenoxy) is 1. The minimum Gasteiger partial charge on any atom is -0.496 e. The molecular formula is C11H12ClNO2. The van der Waals surface area contributed by atoms with Crippen molar-refractivity contribution >= 4 is 17.7 Å². The van der Waals surface area contributed by atoms with Gasteiger partial charge in [0, 0.05) is 5.02 Å². The number of hydrogen-bond acceptors (Lipinski definition) is 3. The number of hydrogen-bond donors (Lipinski definition) is 0. The maximum atomic E-state index is 9.93. The molecule has 0 unspecified atom stereocenters. The van der Waals surface area contributed by atoms with Crippen molar-refractivity contribution in [2.45, 2.75) is 13.3 Å². The summed E-state index contributed by atoms with van der Waals surface area (Å²) in [4.78, 5) is 13.4. The average Bonchev–Trinajstić information content (AvgIpc) is 2.17. The van der Waals surface area contributed by atoms with Crippen LogP contribution < -0.4 is 4.74 Å². The van der Waals surface area contributed by atoms with Crippen molar-refractivity contribution in [1.82, 2.24) is 0 Å². The summed E-state index contributed by atoms with van der Waals surface area (Å²) in [6, 6.07) is 3.67. The summed E-state index contributed by atoms with van der Waals surface area (Å²) < 4.78 is 5.26. The van der Waals surface area contributed by atoms with Crippen LogP contribution in [0.2, 0.25) is 5.02 Å². The van der Waals surface area contributed by atoms with Gasteiger partial charge in [0.15, 0.2) is 0 Å². The van der Waals surface area contributed by atoms with Crippen molar-refractivity contribution in [2.24, 2.45) is 4.99 Å². The highest BCUT2D eigenvalue weighted by molar-refractivity contribution is 6.30. The number of methoxy groups -OCH3 is 1. The minimum absolute atomic E-state index is 0.402. The molecule has 0 N–H and O–H groups in total. The maximum Gasteiger partial charge on any atom is 0.234 e. The molecule has 0 saturated heterocycles. The van der Waals surface area contributed by atoms with Gasteiger partial charge in [-0.3, -0.25) is 0 Å². The number of benzene rings is 1. The first kappa shape index (κ1) is 11.8. The Morgan fingerprint density at radius 1 is 1.53 bits per heavy atom. The topological polar surface area (TPSA) is 38.7 Å². The summed E-state index contributed by atoms with van der Waals surface area (Å²) in [5.41, 5.74) is 1.94. The highest BCUT2D eigenvalue weighted by atomic mass is 35.5. The molecule has 0 spiro atoms. The van der Waals surface area contributed by atoms with E-state index in [9.17, 15) is 4.79 Å². The normalized spacial score (nSPS) is 9.53. The highest BCUT2D eigenvalue weighted by Crippen LogP contribution is 2.27. The van der Waals surface area contributed by atoms with Gasteiger partial charge in [-0.2, -0.15) is 0 Å². The molecule has 0 saturated carbocycles. The predicted molar refractivity (Wildman–Crippen MR) is 59.4 cm³/mol. The number of rotatable bonds is 4. The molecule has 15 heavy (non-hydrogen) atoms. The minimum atomic E-state index is 0.402. The molecule has 80 valence electrons. The summed E-state index contributed by atoms with van der Waals surface area (Å²) in [6.45, 7) is 2.33. The Balaban J connectivity index is 2.98. The lowest BCUT2D eigenvalue weighted by Crippen LogP contribution is -1.97. The van der Waals surface area contributed by atoms with Crippen LogP contribution in [-0.2, 0) is 11.2 Å². The lowest BCUT2D eigenvalue weighted by molar-refractivity contribution is 0.406. The van der Waals surface area contributed by atoms with Crippen LogP contribution in [0.5, 0.6) is 5.75 Å². The SMILES string of the molecule is COc1c(C)cc(Cl)cc1CCN=C=O. The van der Waals surface area contributed by atoms with Crippen LogP contribution in [0.25, 0.3) is 0 Å². The van der Waals surface area contributed by atoms with Gasteiger partial charge in [-0.1, -0.05) is 11.6 Å².